The molecule has 0 amide bonds. The van der Waals surface area contributed by atoms with Gasteiger partial charge in [-0.2, -0.15) is 5.26 Å². The summed E-state index contributed by atoms with van der Waals surface area (Å²) in [6.07, 6.45) is 5.49. The molecule has 5 N–H and O–H groups in total. The van der Waals surface area contributed by atoms with E-state index in [1.165, 1.54) is 12.8 Å². The number of hydrogen-bond donors (Lipinski definition) is 4. The number of fused-ring (bicyclic) bond motifs is 2. The van der Waals surface area contributed by atoms with Crippen molar-refractivity contribution >= 4 is 35.0 Å². The molecule has 1 aliphatic carbocycles. The molecular formula is C31H42B3FN6O3. The van der Waals surface area contributed by atoms with Crippen molar-refractivity contribution in [3.63, 3.8) is 0 Å². The summed E-state index contributed by atoms with van der Waals surface area (Å²) in [4.78, 5) is 11.8. The van der Waals surface area contributed by atoms with Gasteiger partial charge in [0.25, 0.3) is 0 Å². The van der Waals surface area contributed by atoms with Gasteiger partial charge in [-0.25, -0.2) is 14.4 Å². The fourth-order valence-electron chi connectivity index (χ4n) is 7.09. The van der Waals surface area contributed by atoms with Crippen LogP contribution in [0, 0.1) is 11.3 Å². The molecule has 1 aromatic heterocycles. The molecule has 13 heteroatoms. The van der Waals surface area contributed by atoms with E-state index in [9.17, 15) is 25.0 Å². The first-order valence-corrected chi connectivity index (χ1v) is 15.5. The molecule has 1 aromatic carbocycles. The van der Waals surface area contributed by atoms with E-state index >= 15 is 0 Å². The average Bonchev–Trinajstić information content (AvgIpc) is 3.43. The third kappa shape index (κ3) is 6.94. The first kappa shape index (κ1) is 34.2. The molecule has 3 unspecified atom stereocenters. The van der Waals surface area contributed by atoms with Crippen molar-refractivity contribution in [3.8, 4) is 6.07 Å². The van der Waals surface area contributed by atoms with Gasteiger partial charge in [0.1, 0.15) is 39.6 Å². The Hall–Kier alpha value is -2.65. The lowest BCUT2D eigenvalue weighted by atomic mass is 9.70. The van der Waals surface area contributed by atoms with Crippen LogP contribution in [0.3, 0.4) is 0 Å². The maximum atomic E-state index is 12.8. The number of nitrogens with zero attached hydrogens (tertiary/aromatic N) is 5. The number of alkyl halides is 1. The van der Waals surface area contributed by atoms with E-state index in [4.69, 9.17) is 29.3 Å². The zero-order valence-electron chi connectivity index (χ0n) is 26.2. The van der Waals surface area contributed by atoms with Crippen molar-refractivity contribution < 1.29 is 19.7 Å². The molecule has 4 atom stereocenters. The molecule has 0 bridgehead atoms. The average molecular weight is 598 g/mol. The molecule has 3 heterocycles. The first-order chi connectivity index (χ1) is 20.5. The largest absolute Gasteiger partial charge is 0.398 e. The highest BCUT2D eigenvalue weighted by molar-refractivity contribution is 6.40. The Bertz CT molecular complexity index is 1380. The van der Waals surface area contributed by atoms with Crippen molar-refractivity contribution in [3.05, 3.63) is 45.9 Å². The Labute approximate surface area is 264 Å². The van der Waals surface area contributed by atoms with Crippen LogP contribution >= 0.6 is 0 Å². The summed E-state index contributed by atoms with van der Waals surface area (Å²) in [5.41, 5.74) is 7.80. The van der Waals surface area contributed by atoms with Crippen LogP contribution in [0.2, 0.25) is 0 Å². The predicted molar refractivity (Wildman–Crippen MR) is 171 cm³/mol. The molecule has 2 saturated heterocycles. The highest BCUT2D eigenvalue weighted by Gasteiger charge is 2.45. The van der Waals surface area contributed by atoms with Crippen molar-refractivity contribution in [1.82, 2.24) is 14.9 Å². The van der Waals surface area contributed by atoms with E-state index in [0.717, 1.165) is 30.5 Å². The number of anilines is 2. The molecule has 2 aliphatic heterocycles. The van der Waals surface area contributed by atoms with E-state index in [1.807, 2.05) is 13.0 Å². The number of rotatable bonds is 7. The standard InChI is InChI=1S/C23H28B3N5O3.C8H14FN/c1-4-12(3)14-8-9-17(28)16(11-27)20(14)13-6-7-15-18(10-13)29-19(5-2)30-21(15)31(22(24,25)32)23(26,33)34;1-8-3-2-4-10(8)6-7(9)5-8/h8-9,12-13,32-34H,4-7,10,28H2,1-3H3;7H,2-6H2,1H3/t12-,13?;/m0./s1. The Kier molecular flexibility index (Phi) is 10.1. The zero-order chi connectivity index (χ0) is 32.6. The Morgan fingerprint density at radius 2 is 1.95 bits per heavy atom. The minimum absolute atomic E-state index is 0.0453. The molecule has 9 nitrogen and oxygen atoms in total. The molecule has 44 heavy (non-hydrogen) atoms. The van der Waals surface area contributed by atoms with E-state index < -0.39 is 17.5 Å². The fourth-order valence-corrected chi connectivity index (χ4v) is 7.09. The Balaban J connectivity index is 0.000000369. The van der Waals surface area contributed by atoms with Crippen LogP contribution in [0.25, 0.3) is 0 Å². The lowest BCUT2D eigenvalue weighted by molar-refractivity contribution is -0.104. The summed E-state index contributed by atoms with van der Waals surface area (Å²) in [7, 11) is 16.7. The molecule has 230 valence electrons. The number of hydrogen-bond acceptors (Lipinski definition) is 9. The third-order valence-electron chi connectivity index (χ3n) is 9.48. The van der Waals surface area contributed by atoms with E-state index in [0.29, 0.717) is 65.5 Å². The second-order valence-electron chi connectivity index (χ2n) is 12.8. The Morgan fingerprint density at radius 1 is 1.25 bits per heavy atom. The topological polar surface area (TPSA) is 143 Å². The predicted octanol–water partition coefficient (Wildman–Crippen LogP) is 2.37. The molecule has 3 aliphatic rings. The van der Waals surface area contributed by atoms with Gasteiger partial charge >= 0.3 is 0 Å². The third-order valence-corrected chi connectivity index (χ3v) is 9.48. The summed E-state index contributed by atoms with van der Waals surface area (Å²) >= 11 is 0. The Morgan fingerprint density at radius 3 is 2.52 bits per heavy atom. The lowest BCUT2D eigenvalue weighted by Gasteiger charge is -2.45. The van der Waals surface area contributed by atoms with Crippen LogP contribution in [-0.4, -0.2) is 89.9 Å². The number of aryl methyl sites for hydroxylation is 1. The second kappa shape index (κ2) is 13.0. The maximum absolute atomic E-state index is 12.8. The summed E-state index contributed by atoms with van der Waals surface area (Å²) in [5, 5.41) is 40.4. The van der Waals surface area contributed by atoms with Crippen LogP contribution in [0.5, 0.6) is 0 Å². The molecule has 2 fully saturated rings. The lowest BCUT2D eigenvalue weighted by Crippen LogP contribution is -2.63. The number of nitriles is 1. The summed E-state index contributed by atoms with van der Waals surface area (Å²) < 4.78 is 12.8. The second-order valence-corrected chi connectivity index (χ2v) is 12.8. The number of nitrogens with two attached hydrogens (primary N) is 1. The number of aromatic nitrogens is 2. The molecule has 0 saturated carbocycles. The van der Waals surface area contributed by atoms with Gasteiger partial charge in [-0.3, -0.25) is 4.90 Å². The van der Waals surface area contributed by atoms with Crippen molar-refractivity contribution in [2.24, 2.45) is 0 Å². The zero-order valence-corrected chi connectivity index (χ0v) is 26.2. The normalized spacial score (nSPS) is 24.1. The van der Waals surface area contributed by atoms with Crippen LogP contribution in [0.4, 0.5) is 15.9 Å². The molecule has 5 rings (SSSR count). The monoisotopic (exact) mass is 598 g/mol. The van der Waals surface area contributed by atoms with Gasteiger partial charge < -0.3 is 26.0 Å². The first-order valence-electron chi connectivity index (χ1n) is 15.5. The van der Waals surface area contributed by atoms with E-state index in [2.05, 4.69) is 41.7 Å². The van der Waals surface area contributed by atoms with Crippen LogP contribution in [-0.2, 0) is 19.3 Å². The summed E-state index contributed by atoms with van der Waals surface area (Å²) in [6, 6.07) is 6.05. The van der Waals surface area contributed by atoms with Gasteiger partial charge in [0.2, 0.25) is 0 Å². The van der Waals surface area contributed by atoms with Gasteiger partial charge in [-0.05, 0) is 87.4 Å². The van der Waals surface area contributed by atoms with Gasteiger partial charge in [-0.1, -0.05) is 26.8 Å². The SMILES string of the molecule is CC12CCCN1CC(F)C2.[B]C([B])(O)N(c1nc(CC)nc2c1CCC(c1c([C@@H](C)CC)ccc(N)c1C#N)C2)C([B])(O)O. The van der Waals surface area contributed by atoms with Crippen LogP contribution < -0.4 is 10.6 Å². The number of halogens is 1. The van der Waals surface area contributed by atoms with Gasteiger partial charge in [-0.15, -0.1) is 0 Å². The van der Waals surface area contributed by atoms with Crippen LogP contribution in [0.15, 0.2) is 12.1 Å². The highest BCUT2D eigenvalue weighted by atomic mass is 19.1. The van der Waals surface area contributed by atoms with Crippen LogP contribution in [0.1, 0.15) is 105 Å². The molecule has 2 aromatic rings. The quantitative estimate of drug-likeness (QED) is 0.215. The van der Waals surface area contributed by atoms with Gasteiger partial charge in [0, 0.05) is 29.8 Å². The van der Waals surface area contributed by atoms with Crippen molar-refractivity contribution in [2.75, 3.05) is 23.7 Å². The van der Waals surface area contributed by atoms with Crippen molar-refractivity contribution in [1.29, 1.82) is 5.26 Å². The highest BCUT2D eigenvalue weighted by Crippen LogP contribution is 2.43. The van der Waals surface area contributed by atoms with Crippen molar-refractivity contribution in [2.45, 2.75) is 114 Å². The minimum atomic E-state index is -3.08. The van der Waals surface area contributed by atoms with Gasteiger partial charge in [0.05, 0.1) is 16.8 Å². The number of benzene rings is 1. The number of nitrogen functional groups attached to an aromatic ring is 1. The molecule has 6 radical (unpaired) electrons. The molecular weight excluding hydrogens is 556 g/mol. The number of aliphatic hydroxyl groups is 3. The summed E-state index contributed by atoms with van der Waals surface area (Å²) in [6.45, 7) is 10.1. The van der Waals surface area contributed by atoms with Gasteiger partial charge in [0.15, 0.2) is 13.7 Å². The fraction of sp³-hybridized carbons (Fsp3) is 0.645. The summed E-state index contributed by atoms with van der Waals surface area (Å²) in [5.74, 6) is -2.54. The molecule has 0 spiro atoms. The smallest absolute Gasteiger partial charge is 0.191 e. The van der Waals surface area contributed by atoms with E-state index in [1.54, 1.807) is 6.07 Å². The maximum Gasteiger partial charge on any atom is 0.191 e. The minimum Gasteiger partial charge on any atom is -0.398 e. The van der Waals surface area contributed by atoms with E-state index in [-0.39, 0.29) is 23.2 Å².